The molecule has 5 N–H and O–H groups in total. The van der Waals surface area contributed by atoms with Gasteiger partial charge in [0.05, 0.1) is 11.6 Å². The Morgan fingerprint density at radius 3 is 2.34 bits per heavy atom. The molecule has 41 heavy (non-hydrogen) atoms. The van der Waals surface area contributed by atoms with Gasteiger partial charge in [-0.2, -0.15) is 0 Å². The highest BCUT2D eigenvalue weighted by molar-refractivity contribution is 6.25. The van der Waals surface area contributed by atoms with Crippen LogP contribution in [0.4, 0.5) is 5.69 Å². The average Bonchev–Trinajstić information content (AvgIpc) is 3.43. The number of aromatic hydroxyl groups is 1. The number of ketones is 2. The largest absolute Gasteiger partial charge is 0.508 e. The maximum atomic E-state index is 14.2. The van der Waals surface area contributed by atoms with Crippen molar-refractivity contribution in [2.45, 2.75) is 63.0 Å². The highest BCUT2D eigenvalue weighted by Gasteiger charge is 2.64. The van der Waals surface area contributed by atoms with E-state index in [0.717, 1.165) is 12.1 Å². The number of fused-ring (bicyclic) bond motifs is 3. The summed E-state index contributed by atoms with van der Waals surface area (Å²) in [5.41, 5.74) is -0.987. The molecule has 0 spiro atoms. The molecule has 1 amide bonds. The molecule has 1 aromatic rings. The van der Waals surface area contributed by atoms with E-state index in [1.807, 2.05) is 25.1 Å². The Kier molecular flexibility index (Phi) is 7.44. The lowest BCUT2D eigenvalue weighted by atomic mass is 9.57. The molecule has 0 aliphatic heterocycles. The maximum Gasteiger partial charge on any atom is 0.258 e. The number of anilines is 1. The second kappa shape index (κ2) is 10.5. The summed E-state index contributed by atoms with van der Waals surface area (Å²) in [6.07, 6.45) is 6.70. The second-order valence-electron chi connectivity index (χ2n) is 12.5. The van der Waals surface area contributed by atoms with E-state index >= 15 is 0 Å². The molecule has 0 radical (unpaired) electrons. The fraction of sp³-hybridized carbons (Fsp3) is 0.581. The van der Waals surface area contributed by atoms with E-state index in [-0.39, 0.29) is 29.7 Å². The van der Waals surface area contributed by atoms with Crippen LogP contribution in [0.3, 0.4) is 0 Å². The van der Waals surface area contributed by atoms with Gasteiger partial charge in [0.15, 0.2) is 11.4 Å². The first kappa shape index (κ1) is 29.1. The Morgan fingerprint density at radius 1 is 1.10 bits per heavy atom. The van der Waals surface area contributed by atoms with Gasteiger partial charge in [0, 0.05) is 38.3 Å². The summed E-state index contributed by atoms with van der Waals surface area (Å²) in [5, 5.41) is 48.5. The molecule has 0 heterocycles. The normalized spacial score (nSPS) is 28.1. The first-order chi connectivity index (χ1) is 19.3. The predicted octanol–water partition coefficient (Wildman–Crippen LogP) is 2.41. The van der Waals surface area contributed by atoms with Crippen molar-refractivity contribution in [2.24, 2.45) is 17.8 Å². The summed E-state index contributed by atoms with van der Waals surface area (Å²) < 4.78 is 0. The molecule has 5 rings (SSSR count). The van der Waals surface area contributed by atoms with Crippen LogP contribution < -0.4 is 10.2 Å². The molecule has 2 saturated carbocycles. The number of Topliss-reactive ketones (excluding diaryl/α,β-unsaturated/α-hetero) is 2. The number of benzene rings is 1. The summed E-state index contributed by atoms with van der Waals surface area (Å²) in [6, 6.07) is 0.899. The SMILES string of the molecule is CNC(=O)C1=C(O)C2(O)C(=O)C3=C(O)c4c(O)c(CCC5CCCC5)cc(N(C)C)c4CC3CC2C(N(C)C)C1=O. The van der Waals surface area contributed by atoms with Crippen LogP contribution >= 0.6 is 0 Å². The highest BCUT2D eigenvalue weighted by atomic mass is 16.3. The van der Waals surface area contributed by atoms with Crippen molar-refractivity contribution < 1.29 is 34.8 Å². The number of carbonyl (C=O) groups is 3. The van der Waals surface area contributed by atoms with E-state index < -0.39 is 58.0 Å². The van der Waals surface area contributed by atoms with Crippen molar-refractivity contribution in [3.05, 3.63) is 39.7 Å². The number of aryl methyl sites for hydroxylation is 1. The van der Waals surface area contributed by atoms with Gasteiger partial charge in [-0.1, -0.05) is 25.7 Å². The van der Waals surface area contributed by atoms with Gasteiger partial charge < -0.3 is 30.6 Å². The minimum absolute atomic E-state index is 0.0789. The smallest absolute Gasteiger partial charge is 0.258 e. The zero-order valence-corrected chi connectivity index (χ0v) is 24.5. The van der Waals surface area contributed by atoms with Gasteiger partial charge in [-0.3, -0.25) is 19.3 Å². The maximum absolute atomic E-state index is 14.2. The van der Waals surface area contributed by atoms with Crippen LogP contribution in [0.2, 0.25) is 0 Å². The van der Waals surface area contributed by atoms with Crippen molar-refractivity contribution in [2.75, 3.05) is 40.1 Å². The van der Waals surface area contributed by atoms with Crippen molar-refractivity contribution >= 4 is 28.9 Å². The highest BCUT2D eigenvalue weighted by Crippen LogP contribution is 2.54. The van der Waals surface area contributed by atoms with Crippen molar-refractivity contribution in [3.63, 3.8) is 0 Å². The molecule has 0 aromatic heterocycles. The number of phenolic OH excluding ortho intramolecular Hbond substituents is 1. The van der Waals surface area contributed by atoms with Gasteiger partial charge in [0.25, 0.3) is 5.91 Å². The molecule has 4 atom stereocenters. The first-order valence-corrected chi connectivity index (χ1v) is 14.5. The van der Waals surface area contributed by atoms with Crippen LogP contribution in [0, 0.1) is 17.8 Å². The zero-order valence-electron chi connectivity index (χ0n) is 24.5. The molecule has 4 aliphatic rings. The van der Waals surface area contributed by atoms with Crippen LogP contribution in [0.1, 0.15) is 55.2 Å². The number of aliphatic hydroxyl groups excluding tert-OH is 2. The Morgan fingerprint density at radius 2 is 1.76 bits per heavy atom. The minimum atomic E-state index is -2.60. The fourth-order valence-corrected chi connectivity index (χ4v) is 7.70. The predicted molar refractivity (Wildman–Crippen MR) is 154 cm³/mol. The Bertz CT molecular complexity index is 1370. The number of hydrogen-bond acceptors (Lipinski definition) is 9. The third-order valence-corrected chi connectivity index (χ3v) is 9.76. The van der Waals surface area contributed by atoms with Crippen LogP contribution in [0.25, 0.3) is 5.76 Å². The van der Waals surface area contributed by atoms with Gasteiger partial charge in [-0.15, -0.1) is 0 Å². The standard InChI is InChI=1S/C31H41N3O7/c1-32-30(40)23-27(37)24(34(4)5)19-13-17-12-18-20(33(2)3)14-16(11-10-15-8-6-7-9-15)25(35)22(18)26(36)21(17)28(38)31(19,41)29(23)39/h14-15,17,19,24,35-36,39,41H,6-13H2,1-5H3,(H,32,40). The molecule has 10 heteroatoms. The zero-order chi connectivity index (χ0) is 30.0. The van der Waals surface area contributed by atoms with Crippen LogP contribution in [0.5, 0.6) is 5.75 Å². The summed E-state index contributed by atoms with van der Waals surface area (Å²) in [4.78, 5) is 43.7. The Hall–Kier alpha value is -3.37. The average molecular weight is 568 g/mol. The monoisotopic (exact) mass is 567 g/mol. The molecule has 1 aromatic carbocycles. The van der Waals surface area contributed by atoms with E-state index in [2.05, 4.69) is 5.32 Å². The van der Waals surface area contributed by atoms with Crippen LogP contribution in [-0.2, 0) is 27.2 Å². The lowest BCUT2D eigenvalue weighted by molar-refractivity contribution is -0.153. The molecular formula is C31H41N3O7. The number of rotatable bonds is 6. The molecule has 2 fully saturated rings. The van der Waals surface area contributed by atoms with Crippen molar-refractivity contribution in [3.8, 4) is 5.75 Å². The summed E-state index contributed by atoms with van der Waals surface area (Å²) in [7, 11) is 8.30. The van der Waals surface area contributed by atoms with E-state index in [9.17, 15) is 34.8 Å². The second-order valence-corrected chi connectivity index (χ2v) is 12.5. The number of phenols is 1. The van der Waals surface area contributed by atoms with Crippen LogP contribution in [-0.4, -0.2) is 89.7 Å². The lowest BCUT2D eigenvalue weighted by Gasteiger charge is -2.50. The third kappa shape index (κ3) is 4.34. The van der Waals surface area contributed by atoms with E-state index in [0.29, 0.717) is 23.5 Å². The number of amides is 1. The van der Waals surface area contributed by atoms with Crippen molar-refractivity contribution in [1.29, 1.82) is 0 Å². The number of aliphatic hydroxyl groups is 3. The summed E-state index contributed by atoms with van der Waals surface area (Å²) in [6.45, 7) is 0. The van der Waals surface area contributed by atoms with Gasteiger partial charge in [0.2, 0.25) is 5.78 Å². The first-order valence-electron chi connectivity index (χ1n) is 14.5. The number of likely N-dealkylation sites (N-methyl/N-ethyl adjacent to an activating group) is 2. The molecule has 0 bridgehead atoms. The Labute approximate surface area is 240 Å². The van der Waals surface area contributed by atoms with Crippen LogP contribution in [0.15, 0.2) is 23.0 Å². The quantitative estimate of drug-likeness (QED) is 0.327. The van der Waals surface area contributed by atoms with Gasteiger partial charge in [-0.05, 0) is 68.8 Å². The molecule has 222 valence electrons. The topological polar surface area (TPSA) is 151 Å². The van der Waals surface area contributed by atoms with Gasteiger partial charge in [0.1, 0.15) is 22.8 Å². The van der Waals surface area contributed by atoms with Gasteiger partial charge in [-0.25, -0.2) is 0 Å². The number of hydrogen-bond donors (Lipinski definition) is 5. The molecule has 0 saturated heterocycles. The number of carbonyl (C=O) groups excluding carboxylic acids is 3. The lowest BCUT2D eigenvalue weighted by Crippen LogP contribution is -2.65. The van der Waals surface area contributed by atoms with E-state index in [1.54, 1.807) is 19.0 Å². The van der Waals surface area contributed by atoms with Crippen molar-refractivity contribution in [1.82, 2.24) is 10.2 Å². The minimum Gasteiger partial charge on any atom is -0.508 e. The molecule has 10 nitrogen and oxygen atoms in total. The molecular weight excluding hydrogens is 526 g/mol. The Balaban J connectivity index is 1.67. The molecule has 4 unspecified atom stereocenters. The number of nitrogens with one attached hydrogen (secondary N) is 1. The summed E-state index contributed by atoms with van der Waals surface area (Å²) in [5.74, 6) is -5.09. The van der Waals surface area contributed by atoms with E-state index in [1.165, 1.54) is 32.7 Å². The van der Waals surface area contributed by atoms with Gasteiger partial charge >= 0.3 is 0 Å². The summed E-state index contributed by atoms with van der Waals surface area (Å²) >= 11 is 0. The third-order valence-electron chi connectivity index (χ3n) is 9.76. The van der Waals surface area contributed by atoms with E-state index in [4.69, 9.17) is 0 Å². The fourth-order valence-electron chi connectivity index (χ4n) is 7.70. The number of nitrogens with zero attached hydrogens (tertiary/aromatic N) is 2. The molecule has 4 aliphatic carbocycles.